The number of Topliss-reactive ketones (excluding diaryl/α,β-unsaturated/α-hetero) is 1. The first kappa shape index (κ1) is 11.7. The number of aliphatic hydroxyl groups excluding tert-OH is 1. The molecule has 4 heteroatoms. The molecule has 0 fully saturated rings. The Bertz CT molecular complexity index is 122. The summed E-state index contributed by atoms with van der Waals surface area (Å²) in [5.74, 6) is -0.426. The zero-order valence-corrected chi connectivity index (χ0v) is 5.90. The predicted molar refractivity (Wildman–Crippen MR) is 36.6 cm³/mol. The molecule has 0 aromatic rings. The minimum atomic E-state index is -0.796. The average molecular weight is 148 g/mol. The van der Waals surface area contributed by atoms with Crippen LogP contribution in [0.25, 0.3) is 0 Å². The van der Waals surface area contributed by atoms with Gasteiger partial charge in [0.25, 0.3) is 0 Å². The van der Waals surface area contributed by atoms with Crippen LogP contribution in [0.3, 0.4) is 0 Å². The van der Waals surface area contributed by atoms with Gasteiger partial charge in [0.05, 0.1) is 0 Å². The Hall–Kier alpha value is -1.03. The molecule has 0 amide bonds. The third kappa shape index (κ3) is 28.2. The van der Waals surface area contributed by atoms with E-state index in [0.717, 1.165) is 0 Å². The summed E-state index contributed by atoms with van der Waals surface area (Å²) in [5, 5.41) is 7.99. The zero-order chi connectivity index (χ0) is 8.57. The van der Waals surface area contributed by atoms with Crippen molar-refractivity contribution in [3.8, 4) is 0 Å². The summed E-state index contributed by atoms with van der Waals surface area (Å²) >= 11 is 0. The van der Waals surface area contributed by atoms with Crippen molar-refractivity contribution in [2.75, 3.05) is 0 Å². The van der Waals surface area contributed by atoms with Crippen LogP contribution >= 0.6 is 0 Å². The van der Waals surface area contributed by atoms with Crippen LogP contribution in [0, 0.1) is 0 Å². The number of ketones is 1. The van der Waals surface area contributed by atoms with Crippen molar-refractivity contribution >= 4 is 18.4 Å². The maximum Gasteiger partial charge on any atom is 0.192 e. The summed E-state index contributed by atoms with van der Waals surface area (Å²) in [6.07, 6.45) is -0.0463. The number of carbonyl (C=O) groups is 3. The Morgan fingerprint density at radius 2 is 1.80 bits per heavy atom. The second-order valence-electron chi connectivity index (χ2n) is 1.61. The lowest BCUT2D eigenvalue weighted by molar-refractivity contribution is -0.128. The molecule has 0 saturated heterocycles. The zero-order valence-electron chi connectivity index (χ0n) is 5.90. The maximum atomic E-state index is 9.44. The minimum absolute atomic E-state index is 0. The molecule has 10 heavy (non-hydrogen) atoms. The Morgan fingerprint density at radius 1 is 1.60 bits per heavy atom. The van der Waals surface area contributed by atoms with E-state index in [0.29, 0.717) is 6.29 Å². The fourth-order valence-corrected chi connectivity index (χ4v) is 0. The molecule has 0 heterocycles. The van der Waals surface area contributed by atoms with E-state index in [-0.39, 0.29) is 7.71 Å². The molecule has 0 aromatic heterocycles. The molecule has 0 aliphatic heterocycles. The molecular weight excluding hydrogens is 136 g/mol. The first-order chi connectivity index (χ1) is 4.54. The van der Waals surface area contributed by atoms with Gasteiger partial charge in [-0.15, -0.1) is 0 Å². The van der Waals surface area contributed by atoms with Crippen LogP contribution < -0.4 is 0 Å². The van der Waals surface area contributed by atoms with Crippen molar-refractivity contribution in [1.29, 1.82) is 0 Å². The second kappa shape index (κ2) is 7.97. The summed E-state index contributed by atoms with van der Waals surface area (Å²) < 4.78 is 0. The van der Waals surface area contributed by atoms with E-state index in [1.54, 1.807) is 0 Å². The molecule has 1 unspecified atom stereocenters. The molecule has 0 spiro atoms. The molecule has 0 aliphatic rings. The smallest absolute Gasteiger partial charge is 0.192 e. The summed E-state index contributed by atoms with van der Waals surface area (Å²) in [5.41, 5.74) is 0. The molecule has 0 radical (unpaired) electrons. The fourth-order valence-electron chi connectivity index (χ4n) is 0. The summed E-state index contributed by atoms with van der Waals surface area (Å²) in [7, 11) is 0. The van der Waals surface area contributed by atoms with Gasteiger partial charge in [-0.2, -0.15) is 0 Å². The van der Waals surface area contributed by atoms with Crippen molar-refractivity contribution in [1.82, 2.24) is 0 Å². The molecule has 0 bridgehead atoms. The minimum Gasteiger partial charge on any atom is -0.386 e. The molecule has 0 saturated carbocycles. The van der Waals surface area contributed by atoms with Crippen molar-refractivity contribution in [2.24, 2.45) is 0 Å². The Morgan fingerprint density at radius 3 is 1.80 bits per heavy atom. The number of aldehydes is 2. The molecule has 0 aromatic carbocycles. The van der Waals surface area contributed by atoms with E-state index in [1.165, 1.54) is 13.8 Å². The highest BCUT2D eigenvalue weighted by Gasteiger charge is 1.81. The van der Waals surface area contributed by atoms with Gasteiger partial charge in [0, 0.05) is 8.35 Å². The fraction of sp³-hybridized carbons (Fsp3) is 0.500. The van der Waals surface area contributed by atoms with E-state index in [2.05, 4.69) is 0 Å². The first-order valence-corrected chi connectivity index (χ1v) is 2.63. The first-order valence-electron chi connectivity index (χ1n) is 2.63. The van der Waals surface area contributed by atoms with Crippen molar-refractivity contribution in [3.63, 3.8) is 0 Å². The topological polar surface area (TPSA) is 71.4 Å². The number of hydrogen-bond donors (Lipinski definition) is 1. The quantitative estimate of drug-likeness (QED) is 0.426. The second-order valence-corrected chi connectivity index (χ2v) is 1.61. The monoisotopic (exact) mass is 148 g/mol. The van der Waals surface area contributed by atoms with E-state index < -0.39 is 11.9 Å². The molecule has 1 atom stereocenters. The van der Waals surface area contributed by atoms with Crippen molar-refractivity contribution in [2.45, 2.75) is 20.0 Å². The van der Waals surface area contributed by atoms with Gasteiger partial charge in [0.15, 0.2) is 12.1 Å². The highest BCUT2D eigenvalue weighted by Crippen LogP contribution is 1.62. The SMILES string of the molecule is CC(=O)C=O.CC(O)C=O.[HH]. The van der Waals surface area contributed by atoms with Crippen molar-refractivity contribution < 1.29 is 20.9 Å². The highest BCUT2D eigenvalue weighted by atomic mass is 16.3. The van der Waals surface area contributed by atoms with Gasteiger partial charge < -0.3 is 9.90 Å². The lowest BCUT2D eigenvalue weighted by Crippen LogP contribution is -1.97. The summed E-state index contributed by atoms with van der Waals surface area (Å²) in [4.78, 5) is 27.9. The van der Waals surface area contributed by atoms with Crippen molar-refractivity contribution in [3.05, 3.63) is 0 Å². The Labute approximate surface area is 60.3 Å². The lowest BCUT2D eigenvalue weighted by atomic mass is 10.5. The third-order valence-corrected chi connectivity index (χ3v) is 0.363. The van der Waals surface area contributed by atoms with Gasteiger partial charge in [-0.25, -0.2) is 0 Å². The third-order valence-electron chi connectivity index (χ3n) is 0.363. The molecular formula is C6H12O4. The standard InChI is InChI=1S/C3H6O2.C3H4O2.H2/c2*1-3(5)2-4;/h2-3,5H,1H3;2H,1H3;1H. The van der Waals surface area contributed by atoms with Crippen LogP contribution in [-0.2, 0) is 14.4 Å². The van der Waals surface area contributed by atoms with Gasteiger partial charge in [-0.3, -0.25) is 9.59 Å². The average Bonchev–Trinajstić information content (AvgIpc) is 1.89. The van der Waals surface area contributed by atoms with E-state index >= 15 is 0 Å². The van der Waals surface area contributed by atoms with Gasteiger partial charge in [-0.05, 0) is 6.92 Å². The predicted octanol–water partition coefficient (Wildman–Crippen LogP) is -0.414. The number of hydrogen-bond acceptors (Lipinski definition) is 4. The lowest BCUT2D eigenvalue weighted by Gasteiger charge is -1.79. The maximum absolute atomic E-state index is 9.44. The number of carbonyl (C=O) groups excluding carboxylic acids is 3. The van der Waals surface area contributed by atoms with Crippen LogP contribution in [0.15, 0.2) is 0 Å². The van der Waals surface area contributed by atoms with Gasteiger partial charge in [0.1, 0.15) is 12.4 Å². The molecule has 0 rings (SSSR count). The van der Waals surface area contributed by atoms with Gasteiger partial charge in [-0.1, -0.05) is 0 Å². The Balaban J connectivity index is -0.000000107. The highest BCUT2D eigenvalue weighted by molar-refractivity contribution is 6.23. The van der Waals surface area contributed by atoms with Crippen LogP contribution in [0.4, 0.5) is 0 Å². The molecule has 0 aliphatic carbocycles. The van der Waals surface area contributed by atoms with Crippen LogP contribution in [0.5, 0.6) is 0 Å². The summed E-state index contributed by atoms with van der Waals surface area (Å²) in [6.45, 7) is 2.62. The number of rotatable bonds is 2. The molecule has 60 valence electrons. The van der Waals surface area contributed by atoms with Crippen LogP contribution in [0.1, 0.15) is 15.3 Å². The largest absolute Gasteiger partial charge is 0.386 e. The van der Waals surface area contributed by atoms with Gasteiger partial charge >= 0.3 is 0 Å². The van der Waals surface area contributed by atoms with E-state index in [4.69, 9.17) is 9.90 Å². The van der Waals surface area contributed by atoms with E-state index in [9.17, 15) is 9.59 Å². The number of aliphatic hydroxyl groups is 1. The van der Waals surface area contributed by atoms with Crippen LogP contribution in [-0.4, -0.2) is 29.6 Å². The molecule has 4 nitrogen and oxygen atoms in total. The normalized spacial score (nSPS) is 10.3. The molecule has 1 N–H and O–H groups in total. The van der Waals surface area contributed by atoms with Crippen LogP contribution in [0.2, 0.25) is 0 Å². The van der Waals surface area contributed by atoms with E-state index in [1.807, 2.05) is 0 Å². The van der Waals surface area contributed by atoms with Gasteiger partial charge in [0.2, 0.25) is 0 Å². The Kier molecular flexibility index (Phi) is 9.35. The summed E-state index contributed by atoms with van der Waals surface area (Å²) in [6, 6.07) is 0.